The Morgan fingerprint density at radius 1 is 1.25 bits per heavy atom. The van der Waals surface area contributed by atoms with E-state index in [1.54, 1.807) is 0 Å². The van der Waals surface area contributed by atoms with Crippen molar-refractivity contribution in [3.8, 4) is 0 Å². The maximum Gasteiger partial charge on any atom is 0.324 e. The molecule has 1 N–H and O–H groups in total. The maximum atomic E-state index is 12.0. The average molecular weight is 224 g/mol. The Bertz CT molecular complexity index is 285. The zero-order valence-electron chi connectivity index (χ0n) is 9.87. The largest absolute Gasteiger partial charge is 0.326 e. The lowest BCUT2D eigenvalue weighted by molar-refractivity contribution is -0.128. The van der Waals surface area contributed by atoms with Crippen LogP contribution in [0.5, 0.6) is 0 Å². The van der Waals surface area contributed by atoms with Gasteiger partial charge in [0, 0.05) is 6.54 Å². The SMILES string of the molecule is CCCN1C(=O)NC(C2CCCCC2)C1=O. The molecule has 1 saturated heterocycles. The van der Waals surface area contributed by atoms with Crippen LogP contribution in [-0.2, 0) is 4.79 Å². The summed E-state index contributed by atoms with van der Waals surface area (Å²) < 4.78 is 0. The Hall–Kier alpha value is -1.06. The molecule has 90 valence electrons. The highest BCUT2D eigenvalue weighted by Gasteiger charge is 2.41. The quantitative estimate of drug-likeness (QED) is 0.744. The monoisotopic (exact) mass is 224 g/mol. The summed E-state index contributed by atoms with van der Waals surface area (Å²) in [5.41, 5.74) is 0. The number of urea groups is 1. The second kappa shape index (κ2) is 4.85. The molecule has 2 rings (SSSR count). The van der Waals surface area contributed by atoms with Crippen molar-refractivity contribution >= 4 is 11.9 Å². The van der Waals surface area contributed by atoms with Gasteiger partial charge in [0.25, 0.3) is 5.91 Å². The number of hydrogen-bond acceptors (Lipinski definition) is 2. The highest BCUT2D eigenvalue weighted by atomic mass is 16.2. The minimum atomic E-state index is -0.237. The Labute approximate surface area is 96.4 Å². The van der Waals surface area contributed by atoms with Gasteiger partial charge in [0.1, 0.15) is 6.04 Å². The molecule has 4 nitrogen and oxygen atoms in total. The second-order valence-corrected chi connectivity index (χ2v) is 4.82. The van der Waals surface area contributed by atoms with E-state index in [2.05, 4.69) is 5.32 Å². The average Bonchev–Trinajstić information content (AvgIpc) is 2.59. The van der Waals surface area contributed by atoms with Gasteiger partial charge in [-0.25, -0.2) is 4.79 Å². The van der Waals surface area contributed by atoms with Crippen molar-refractivity contribution in [1.82, 2.24) is 10.2 Å². The van der Waals surface area contributed by atoms with Crippen molar-refractivity contribution < 1.29 is 9.59 Å². The molecule has 1 heterocycles. The van der Waals surface area contributed by atoms with Crippen molar-refractivity contribution in [2.45, 2.75) is 51.5 Å². The topological polar surface area (TPSA) is 49.4 Å². The first-order valence-corrected chi connectivity index (χ1v) is 6.36. The molecule has 3 amide bonds. The van der Waals surface area contributed by atoms with E-state index in [9.17, 15) is 9.59 Å². The van der Waals surface area contributed by atoms with Crippen LogP contribution in [0.25, 0.3) is 0 Å². The Balaban J connectivity index is 2.01. The highest BCUT2D eigenvalue weighted by molar-refractivity contribution is 6.04. The van der Waals surface area contributed by atoms with E-state index in [-0.39, 0.29) is 18.0 Å². The summed E-state index contributed by atoms with van der Waals surface area (Å²) in [5, 5.41) is 2.85. The Morgan fingerprint density at radius 3 is 2.56 bits per heavy atom. The molecule has 4 heteroatoms. The third-order valence-electron chi connectivity index (χ3n) is 3.62. The zero-order chi connectivity index (χ0) is 11.5. The minimum absolute atomic E-state index is 0.00116. The summed E-state index contributed by atoms with van der Waals surface area (Å²) in [7, 11) is 0. The van der Waals surface area contributed by atoms with Gasteiger partial charge in [-0.05, 0) is 25.2 Å². The van der Waals surface area contributed by atoms with E-state index < -0.39 is 0 Å². The van der Waals surface area contributed by atoms with Crippen LogP contribution in [0.2, 0.25) is 0 Å². The first-order chi connectivity index (χ1) is 7.74. The second-order valence-electron chi connectivity index (χ2n) is 4.82. The first kappa shape index (κ1) is 11.4. The van der Waals surface area contributed by atoms with Crippen molar-refractivity contribution in [2.75, 3.05) is 6.54 Å². The molecular weight excluding hydrogens is 204 g/mol. The summed E-state index contributed by atoms with van der Waals surface area (Å²) >= 11 is 0. The fourth-order valence-corrected chi connectivity index (χ4v) is 2.76. The van der Waals surface area contributed by atoms with Gasteiger partial charge in [-0.3, -0.25) is 9.69 Å². The molecule has 16 heavy (non-hydrogen) atoms. The Kier molecular flexibility index (Phi) is 3.46. The van der Waals surface area contributed by atoms with Crippen LogP contribution in [0.3, 0.4) is 0 Å². The van der Waals surface area contributed by atoms with Crippen LogP contribution in [0.1, 0.15) is 45.4 Å². The molecule has 0 aromatic heterocycles. The number of nitrogens with one attached hydrogen (secondary N) is 1. The molecule has 0 bridgehead atoms. The number of amides is 3. The van der Waals surface area contributed by atoms with Gasteiger partial charge in [0.2, 0.25) is 0 Å². The van der Waals surface area contributed by atoms with Gasteiger partial charge in [0.05, 0.1) is 0 Å². The van der Waals surface area contributed by atoms with Gasteiger partial charge in [-0.2, -0.15) is 0 Å². The summed E-state index contributed by atoms with van der Waals surface area (Å²) in [5.74, 6) is 0.366. The summed E-state index contributed by atoms with van der Waals surface area (Å²) in [6.45, 7) is 2.53. The lowest BCUT2D eigenvalue weighted by Crippen LogP contribution is -2.38. The van der Waals surface area contributed by atoms with Crippen molar-refractivity contribution in [3.05, 3.63) is 0 Å². The van der Waals surface area contributed by atoms with E-state index in [1.165, 1.54) is 24.2 Å². The highest BCUT2D eigenvalue weighted by Crippen LogP contribution is 2.29. The lowest BCUT2D eigenvalue weighted by atomic mass is 9.84. The fourth-order valence-electron chi connectivity index (χ4n) is 2.76. The molecule has 1 aliphatic heterocycles. The molecule has 1 saturated carbocycles. The van der Waals surface area contributed by atoms with Crippen LogP contribution in [0, 0.1) is 5.92 Å². The number of carbonyl (C=O) groups is 2. The van der Waals surface area contributed by atoms with Crippen molar-refractivity contribution in [3.63, 3.8) is 0 Å². The summed E-state index contributed by atoms with van der Waals surface area (Å²) in [6, 6.07) is -0.429. The Morgan fingerprint density at radius 2 is 1.94 bits per heavy atom. The van der Waals surface area contributed by atoms with Crippen LogP contribution in [0.15, 0.2) is 0 Å². The minimum Gasteiger partial charge on any atom is -0.326 e. The summed E-state index contributed by atoms with van der Waals surface area (Å²) in [6.07, 6.45) is 6.64. The predicted octanol–water partition coefficient (Wildman–Crippen LogP) is 1.90. The smallest absolute Gasteiger partial charge is 0.324 e. The molecule has 0 radical (unpaired) electrons. The van der Waals surface area contributed by atoms with E-state index in [1.807, 2.05) is 6.92 Å². The fraction of sp³-hybridized carbons (Fsp3) is 0.833. The summed E-state index contributed by atoms with van der Waals surface area (Å²) in [4.78, 5) is 25.0. The molecule has 0 spiro atoms. The molecule has 0 aromatic rings. The van der Waals surface area contributed by atoms with E-state index in [0.717, 1.165) is 19.3 Å². The van der Waals surface area contributed by atoms with Crippen LogP contribution >= 0.6 is 0 Å². The van der Waals surface area contributed by atoms with E-state index in [0.29, 0.717) is 12.5 Å². The lowest BCUT2D eigenvalue weighted by Gasteiger charge is -2.25. The standard InChI is InChI=1S/C12H20N2O2/c1-2-8-14-11(15)10(13-12(14)16)9-6-4-3-5-7-9/h9-10H,2-8H2,1H3,(H,13,16). The predicted molar refractivity (Wildman–Crippen MR) is 60.9 cm³/mol. The molecule has 2 aliphatic rings. The van der Waals surface area contributed by atoms with E-state index in [4.69, 9.17) is 0 Å². The molecule has 1 unspecified atom stereocenters. The van der Waals surface area contributed by atoms with Gasteiger partial charge < -0.3 is 5.32 Å². The molecule has 1 atom stereocenters. The van der Waals surface area contributed by atoms with Gasteiger partial charge in [-0.15, -0.1) is 0 Å². The van der Waals surface area contributed by atoms with Crippen LogP contribution < -0.4 is 5.32 Å². The normalized spacial score (nSPS) is 27.3. The van der Waals surface area contributed by atoms with Crippen molar-refractivity contribution in [2.24, 2.45) is 5.92 Å². The number of imide groups is 1. The molecule has 2 fully saturated rings. The molecule has 1 aliphatic carbocycles. The number of rotatable bonds is 3. The van der Waals surface area contributed by atoms with Crippen LogP contribution in [0.4, 0.5) is 4.79 Å². The van der Waals surface area contributed by atoms with Gasteiger partial charge in [-0.1, -0.05) is 26.2 Å². The van der Waals surface area contributed by atoms with Crippen LogP contribution in [-0.4, -0.2) is 29.4 Å². The number of hydrogen-bond donors (Lipinski definition) is 1. The number of carbonyl (C=O) groups excluding carboxylic acids is 2. The molecular formula is C12H20N2O2. The molecule has 0 aromatic carbocycles. The van der Waals surface area contributed by atoms with Gasteiger partial charge >= 0.3 is 6.03 Å². The first-order valence-electron chi connectivity index (χ1n) is 6.36. The van der Waals surface area contributed by atoms with E-state index >= 15 is 0 Å². The van der Waals surface area contributed by atoms with Gasteiger partial charge in [0.15, 0.2) is 0 Å². The maximum absolute atomic E-state index is 12.0. The third kappa shape index (κ3) is 2.06. The number of nitrogens with zero attached hydrogens (tertiary/aromatic N) is 1. The zero-order valence-corrected chi connectivity index (χ0v) is 9.87. The van der Waals surface area contributed by atoms with Crippen molar-refractivity contribution in [1.29, 1.82) is 0 Å². The third-order valence-corrected chi connectivity index (χ3v) is 3.62.